The number of carbonyl (C=O) groups excluding carboxylic acids is 3. The first kappa shape index (κ1) is 31.8. The molecule has 11 nitrogen and oxygen atoms in total. The van der Waals surface area contributed by atoms with E-state index in [1.165, 1.54) is 12.1 Å². The molecule has 0 heterocycles. The van der Waals surface area contributed by atoms with Gasteiger partial charge < -0.3 is 37.6 Å². The van der Waals surface area contributed by atoms with E-state index in [4.69, 9.17) is 11.5 Å². The Bertz CT molecular complexity index is 890. The van der Waals surface area contributed by atoms with Gasteiger partial charge in [0.1, 0.15) is 23.9 Å². The lowest BCUT2D eigenvalue weighted by molar-refractivity contribution is -0.142. The van der Waals surface area contributed by atoms with Gasteiger partial charge in [0.15, 0.2) is 0 Å². The Morgan fingerprint density at radius 2 is 1.46 bits per heavy atom. The Morgan fingerprint density at radius 3 is 1.97 bits per heavy atom. The molecule has 0 saturated heterocycles. The van der Waals surface area contributed by atoms with Gasteiger partial charge in [0.25, 0.3) is 0 Å². The maximum atomic E-state index is 13.2. The maximum absolute atomic E-state index is 13.2. The van der Waals surface area contributed by atoms with E-state index < -0.39 is 47.9 Å². The summed E-state index contributed by atoms with van der Waals surface area (Å²) in [6.45, 7) is 7.68. The smallest absolute Gasteiger partial charge is 0.326 e. The second-order valence-electron chi connectivity index (χ2n) is 10.1. The number of phenolic OH excluding ortho intramolecular Hbond substituents is 1. The second-order valence-corrected chi connectivity index (χ2v) is 10.1. The molecule has 9 N–H and O–H groups in total. The highest BCUT2D eigenvalue weighted by Gasteiger charge is 2.32. The van der Waals surface area contributed by atoms with Gasteiger partial charge in [0.05, 0.1) is 6.04 Å². The van der Waals surface area contributed by atoms with E-state index in [2.05, 4.69) is 16.0 Å². The monoisotopic (exact) mass is 521 g/mol. The first-order chi connectivity index (χ1) is 17.3. The normalized spacial score (nSPS) is 14.5. The lowest BCUT2D eigenvalue weighted by Gasteiger charge is -2.27. The zero-order valence-corrected chi connectivity index (χ0v) is 22.2. The number of unbranched alkanes of at least 4 members (excludes halogenated alkanes) is 1. The minimum absolute atomic E-state index is 0.0149. The van der Waals surface area contributed by atoms with Crippen LogP contribution < -0.4 is 27.4 Å². The zero-order valence-electron chi connectivity index (χ0n) is 22.2. The molecule has 0 bridgehead atoms. The van der Waals surface area contributed by atoms with Gasteiger partial charge in [-0.05, 0) is 55.3 Å². The molecule has 11 heteroatoms. The average Bonchev–Trinajstić information content (AvgIpc) is 2.82. The Balaban J connectivity index is 3.08. The summed E-state index contributed by atoms with van der Waals surface area (Å²) in [5, 5.41) is 27.0. The number of carboxylic acid groups (broad SMARTS) is 1. The molecule has 3 amide bonds. The highest BCUT2D eigenvalue weighted by atomic mass is 16.4. The van der Waals surface area contributed by atoms with Crippen molar-refractivity contribution in [2.75, 3.05) is 6.54 Å². The molecule has 4 atom stereocenters. The van der Waals surface area contributed by atoms with E-state index in [0.717, 1.165) is 6.42 Å². The lowest BCUT2D eigenvalue weighted by Crippen LogP contribution is -2.59. The summed E-state index contributed by atoms with van der Waals surface area (Å²) in [5.74, 6) is -3.16. The second kappa shape index (κ2) is 15.8. The van der Waals surface area contributed by atoms with Gasteiger partial charge in [-0.25, -0.2) is 4.79 Å². The number of amides is 3. The summed E-state index contributed by atoms with van der Waals surface area (Å²) in [4.78, 5) is 50.7. The van der Waals surface area contributed by atoms with Gasteiger partial charge in [-0.3, -0.25) is 14.4 Å². The van der Waals surface area contributed by atoms with E-state index >= 15 is 0 Å². The van der Waals surface area contributed by atoms with Crippen molar-refractivity contribution in [2.24, 2.45) is 23.3 Å². The van der Waals surface area contributed by atoms with Crippen LogP contribution in [0.15, 0.2) is 24.3 Å². The van der Waals surface area contributed by atoms with Crippen molar-refractivity contribution in [2.45, 2.75) is 84.0 Å². The van der Waals surface area contributed by atoms with Gasteiger partial charge >= 0.3 is 5.97 Å². The molecule has 37 heavy (non-hydrogen) atoms. The van der Waals surface area contributed by atoms with Crippen molar-refractivity contribution < 1.29 is 29.4 Å². The topological polar surface area (TPSA) is 197 Å². The van der Waals surface area contributed by atoms with Crippen LogP contribution in [0.2, 0.25) is 0 Å². The van der Waals surface area contributed by atoms with Gasteiger partial charge in [0.2, 0.25) is 17.7 Å². The van der Waals surface area contributed by atoms with Crippen LogP contribution in [0.4, 0.5) is 0 Å². The average molecular weight is 522 g/mol. The Morgan fingerprint density at radius 1 is 0.865 bits per heavy atom. The molecule has 1 rings (SSSR count). The van der Waals surface area contributed by atoms with E-state index in [1.807, 2.05) is 13.8 Å². The maximum Gasteiger partial charge on any atom is 0.326 e. The molecule has 1 aromatic rings. The minimum Gasteiger partial charge on any atom is -0.508 e. The van der Waals surface area contributed by atoms with Crippen LogP contribution in [-0.2, 0) is 25.6 Å². The molecule has 1 aromatic carbocycles. The number of benzene rings is 1. The lowest BCUT2D eigenvalue weighted by atomic mass is 9.99. The molecule has 0 fully saturated rings. The number of aliphatic carboxylic acids is 1. The third kappa shape index (κ3) is 11.6. The van der Waals surface area contributed by atoms with E-state index in [-0.39, 0.29) is 30.4 Å². The summed E-state index contributed by atoms with van der Waals surface area (Å²) >= 11 is 0. The van der Waals surface area contributed by atoms with Crippen molar-refractivity contribution in [3.8, 4) is 5.75 Å². The SMILES string of the molecule is CC(C)CC(NC(=O)C(Cc1ccc(O)cc1)NC(=O)C(NC(=O)C(N)CCCCN)C(C)C)C(=O)O. The largest absolute Gasteiger partial charge is 0.508 e. The van der Waals surface area contributed by atoms with Crippen molar-refractivity contribution in [1.82, 2.24) is 16.0 Å². The number of aromatic hydroxyl groups is 1. The molecular weight excluding hydrogens is 478 g/mol. The van der Waals surface area contributed by atoms with Crippen LogP contribution in [-0.4, -0.2) is 64.6 Å². The van der Waals surface area contributed by atoms with Gasteiger partial charge in [-0.1, -0.05) is 46.2 Å². The van der Waals surface area contributed by atoms with E-state index in [9.17, 15) is 29.4 Å². The van der Waals surface area contributed by atoms with Gasteiger partial charge in [-0.2, -0.15) is 0 Å². The minimum atomic E-state index is -1.17. The quantitative estimate of drug-likeness (QED) is 0.154. The molecule has 0 spiro atoms. The number of hydrogen-bond acceptors (Lipinski definition) is 7. The molecule has 0 radical (unpaired) electrons. The van der Waals surface area contributed by atoms with Crippen molar-refractivity contribution in [3.05, 3.63) is 29.8 Å². The number of carbonyl (C=O) groups is 4. The summed E-state index contributed by atoms with van der Waals surface area (Å²) in [6, 6.07) is 2.10. The molecule has 0 aliphatic rings. The summed E-state index contributed by atoms with van der Waals surface area (Å²) in [5.41, 5.74) is 12.1. The van der Waals surface area contributed by atoms with Crippen molar-refractivity contribution in [1.29, 1.82) is 0 Å². The molecule has 0 saturated carbocycles. The van der Waals surface area contributed by atoms with Crippen molar-refractivity contribution >= 4 is 23.7 Å². The molecule has 0 aliphatic heterocycles. The van der Waals surface area contributed by atoms with Crippen LogP contribution in [0.3, 0.4) is 0 Å². The van der Waals surface area contributed by atoms with Crippen LogP contribution in [0, 0.1) is 11.8 Å². The fraction of sp³-hybridized carbons (Fsp3) is 0.615. The molecule has 0 aliphatic carbocycles. The molecule has 0 aromatic heterocycles. The number of hydrogen-bond donors (Lipinski definition) is 7. The number of carboxylic acids is 1. The molecular formula is C26H43N5O6. The number of nitrogens with two attached hydrogens (primary N) is 2. The fourth-order valence-electron chi connectivity index (χ4n) is 3.74. The predicted octanol–water partition coefficient (Wildman–Crippen LogP) is 0.632. The summed E-state index contributed by atoms with van der Waals surface area (Å²) in [6.07, 6.45) is 2.10. The third-order valence-electron chi connectivity index (χ3n) is 5.88. The number of phenols is 1. The van der Waals surface area contributed by atoms with Crippen LogP contribution >= 0.6 is 0 Å². The first-order valence-corrected chi connectivity index (χ1v) is 12.7. The van der Waals surface area contributed by atoms with Crippen LogP contribution in [0.1, 0.15) is 58.9 Å². The van der Waals surface area contributed by atoms with Gasteiger partial charge in [0, 0.05) is 6.42 Å². The first-order valence-electron chi connectivity index (χ1n) is 12.7. The van der Waals surface area contributed by atoms with Crippen LogP contribution in [0.25, 0.3) is 0 Å². The van der Waals surface area contributed by atoms with Crippen LogP contribution in [0.5, 0.6) is 5.75 Å². The Kier molecular flexibility index (Phi) is 13.6. The van der Waals surface area contributed by atoms with E-state index in [1.54, 1.807) is 26.0 Å². The van der Waals surface area contributed by atoms with Crippen molar-refractivity contribution in [3.63, 3.8) is 0 Å². The molecule has 4 unspecified atom stereocenters. The standard InChI is InChI=1S/C26H43N5O6/c1-15(2)13-21(26(36)37)30-24(34)20(14-17-8-10-18(32)11-9-17)29-25(35)22(16(3)4)31-23(33)19(28)7-5-6-12-27/h8-11,15-16,19-22,32H,5-7,12-14,27-28H2,1-4H3,(H,29,35)(H,30,34)(H,31,33)(H,36,37). The molecule has 208 valence electrons. The van der Waals surface area contributed by atoms with E-state index in [0.29, 0.717) is 24.9 Å². The highest BCUT2D eigenvalue weighted by molar-refractivity contribution is 5.94. The Labute approximate surface area is 218 Å². The summed E-state index contributed by atoms with van der Waals surface area (Å²) in [7, 11) is 0. The highest BCUT2D eigenvalue weighted by Crippen LogP contribution is 2.13. The van der Waals surface area contributed by atoms with Gasteiger partial charge in [-0.15, -0.1) is 0 Å². The fourth-order valence-corrected chi connectivity index (χ4v) is 3.74. The summed E-state index contributed by atoms with van der Waals surface area (Å²) < 4.78 is 0. The predicted molar refractivity (Wildman–Crippen MR) is 140 cm³/mol. The number of nitrogens with one attached hydrogen (secondary N) is 3. The third-order valence-corrected chi connectivity index (χ3v) is 5.88. The number of rotatable bonds is 16. The zero-order chi connectivity index (χ0) is 28.1. The Hall–Kier alpha value is -3.18.